The minimum atomic E-state index is -0.742. The zero-order valence-corrected chi connectivity index (χ0v) is 11.7. The fourth-order valence-electron chi connectivity index (χ4n) is 3.26. The first-order valence-electron chi connectivity index (χ1n) is 6.94. The molecule has 20 heavy (non-hydrogen) atoms. The van der Waals surface area contributed by atoms with Gasteiger partial charge in [-0.25, -0.2) is 4.79 Å². The van der Waals surface area contributed by atoms with Crippen molar-refractivity contribution in [2.75, 3.05) is 0 Å². The van der Waals surface area contributed by atoms with Crippen LogP contribution in [0.4, 0.5) is 0 Å². The third kappa shape index (κ3) is 2.10. The lowest BCUT2D eigenvalue weighted by atomic mass is 9.82. The highest BCUT2D eigenvalue weighted by Gasteiger charge is 2.56. The van der Waals surface area contributed by atoms with Gasteiger partial charge in [-0.3, -0.25) is 0 Å². The summed E-state index contributed by atoms with van der Waals surface area (Å²) >= 11 is 0. The van der Waals surface area contributed by atoms with E-state index in [1.54, 1.807) is 13.0 Å². The van der Waals surface area contributed by atoms with Crippen molar-refractivity contribution >= 4 is 5.97 Å². The van der Waals surface area contributed by atoms with Crippen molar-refractivity contribution in [2.24, 2.45) is 5.92 Å². The molecule has 2 heterocycles. The van der Waals surface area contributed by atoms with E-state index in [0.29, 0.717) is 18.4 Å². The lowest BCUT2D eigenvalue weighted by Gasteiger charge is -2.25. The fourth-order valence-corrected chi connectivity index (χ4v) is 3.26. The molecule has 1 aliphatic carbocycles. The van der Waals surface area contributed by atoms with E-state index in [2.05, 4.69) is 6.58 Å². The van der Waals surface area contributed by atoms with Gasteiger partial charge in [0.05, 0.1) is 29.8 Å². The van der Waals surface area contributed by atoms with Gasteiger partial charge in [-0.05, 0) is 25.5 Å². The monoisotopic (exact) mass is 280 g/mol. The molecule has 5 heteroatoms. The molecule has 0 spiro atoms. The van der Waals surface area contributed by atoms with Crippen LogP contribution in [0.25, 0.3) is 0 Å². The molecule has 110 valence electrons. The molecule has 2 N–H and O–H groups in total. The predicted molar refractivity (Wildman–Crippen MR) is 70.8 cm³/mol. The molecular weight excluding hydrogens is 260 g/mol. The maximum atomic E-state index is 11.7. The van der Waals surface area contributed by atoms with Gasteiger partial charge < -0.3 is 19.7 Å². The van der Waals surface area contributed by atoms with Gasteiger partial charge in [-0.1, -0.05) is 6.58 Å². The molecule has 2 saturated heterocycles. The van der Waals surface area contributed by atoms with E-state index in [9.17, 15) is 15.0 Å². The van der Waals surface area contributed by atoms with E-state index in [4.69, 9.17) is 9.47 Å². The van der Waals surface area contributed by atoms with Crippen molar-refractivity contribution in [1.82, 2.24) is 0 Å². The van der Waals surface area contributed by atoms with Crippen LogP contribution in [0.2, 0.25) is 0 Å². The average molecular weight is 280 g/mol. The lowest BCUT2D eigenvalue weighted by Crippen LogP contribution is -2.34. The number of fused-ring (bicyclic) bond motifs is 2. The van der Waals surface area contributed by atoms with Gasteiger partial charge >= 0.3 is 5.97 Å². The normalized spacial score (nSPS) is 50.6. The smallest absolute Gasteiger partial charge is 0.334 e. The van der Waals surface area contributed by atoms with E-state index in [0.717, 1.165) is 5.57 Å². The molecule has 2 aliphatic heterocycles. The molecule has 0 bridgehead atoms. The van der Waals surface area contributed by atoms with Gasteiger partial charge in [0, 0.05) is 18.4 Å². The summed E-state index contributed by atoms with van der Waals surface area (Å²) in [6.45, 7) is 7.45. The number of carbonyl (C=O) groups is 1. The molecule has 5 nitrogen and oxygen atoms in total. The van der Waals surface area contributed by atoms with Crippen molar-refractivity contribution in [1.29, 1.82) is 0 Å². The van der Waals surface area contributed by atoms with Gasteiger partial charge in [0.2, 0.25) is 0 Å². The predicted octanol–water partition coefficient (Wildman–Crippen LogP) is 0.704. The van der Waals surface area contributed by atoms with Gasteiger partial charge in [-0.15, -0.1) is 0 Å². The first kappa shape index (κ1) is 13.8. The van der Waals surface area contributed by atoms with Crippen LogP contribution in [0.15, 0.2) is 23.8 Å². The molecule has 0 radical (unpaired) electrons. The van der Waals surface area contributed by atoms with Crippen LogP contribution in [0, 0.1) is 5.92 Å². The minimum absolute atomic E-state index is 0.0571. The Kier molecular flexibility index (Phi) is 3.04. The van der Waals surface area contributed by atoms with Crippen LogP contribution in [0.3, 0.4) is 0 Å². The Balaban J connectivity index is 1.96. The topological polar surface area (TPSA) is 79.3 Å². The highest BCUT2D eigenvalue weighted by Crippen LogP contribution is 2.46. The second-order valence-electron chi connectivity index (χ2n) is 6.27. The van der Waals surface area contributed by atoms with Gasteiger partial charge in [-0.2, -0.15) is 0 Å². The van der Waals surface area contributed by atoms with Crippen molar-refractivity contribution in [3.05, 3.63) is 23.8 Å². The summed E-state index contributed by atoms with van der Waals surface area (Å²) in [6.07, 6.45) is 0.654. The largest absolute Gasteiger partial charge is 0.454 e. The number of ether oxygens (including phenoxy) is 2. The fraction of sp³-hybridized carbons (Fsp3) is 0.667. The zero-order chi connectivity index (χ0) is 14.7. The first-order chi connectivity index (χ1) is 9.32. The summed E-state index contributed by atoms with van der Waals surface area (Å²) in [5.41, 5.74) is 0.589. The molecule has 0 amide bonds. The highest BCUT2D eigenvalue weighted by molar-refractivity contribution is 5.91. The molecule has 0 aromatic carbocycles. The Hall–Kier alpha value is -1.17. The van der Waals surface area contributed by atoms with Crippen LogP contribution < -0.4 is 0 Å². The van der Waals surface area contributed by atoms with Gasteiger partial charge in [0.15, 0.2) is 0 Å². The van der Waals surface area contributed by atoms with E-state index < -0.39 is 35.8 Å². The summed E-state index contributed by atoms with van der Waals surface area (Å²) in [4.78, 5) is 11.7. The van der Waals surface area contributed by atoms with Crippen LogP contribution in [-0.2, 0) is 14.3 Å². The van der Waals surface area contributed by atoms with Crippen molar-refractivity contribution in [2.45, 2.75) is 56.7 Å². The summed E-state index contributed by atoms with van der Waals surface area (Å²) in [5, 5.41) is 20.6. The number of hydrogen-bond acceptors (Lipinski definition) is 5. The van der Waals surface area contributed by atoms with Crippen LogP contribution in [-0.4, -0.2) is 46.2 Å². The Bertz CT molecular complexity index is 496. The first-order valence-corrected chi connectivity index (χ1v) is 6.94. The number of hydrogen-bond donors (Lipinski definition) is 2. The number of carbonyl (C=O) groups excluding carboxylic acids is 1. The number of aliphatic hydroxyl groups excluding tert-OH is 2. The van der Waals surface area contributed by atoms with E-state index in [-0.39, 0.29) is 6.10 Å². The molecule has 3 aliphatic rings. The average Bonchev–Trinajstić information content (AvgIpc) is 2.87. The van der Waals surface area contributed by atoms with Crippen molar-refractivity contribution in [3.63, 3.8) is 0 Å². The third-order valence-electron chi connectivity index (χ3n) is 4.72. The molecule has 2 fully saturated rings. The second-order valence-corrected chi connectivity index (χ2v) is 6.27. The van der Waals surface area contributed by atoms with Crippen molar-refractivity contribution in [3.8, 4) is 0 Å². The van der Waals surface area contributed by atoms with Gasteiger partial charge in [0.1, 0.15) is 6.10 Å². The maximum Gasteiger partial charge on any atom is 0.334 e. The number of esters is 1. The zero-order valence-electron chi connectivity index (χ0n) is 11.7. The summed E-state index contributed by atoms with van der Waals surface area (Å²) in [6, 6.07) is 0. The van der Waals surface area contributed by atoms with Crippen LogP contribution in [0.1, 0.15) is 26.7 Å². The molecule has 6 atom stereocenters. The molecule has 0 saturated carbocycles. The Morgan fingerprint density at radius 2 is 2.15 bits per heavy atom. The third-order valence-corrected chi connectivity index (χ3v) is 4.72. The van der Waals surface area contributed by atoms with Crippen LogP contribution in [0.5, 0.6) is 0 Å². The number of epoxide rings is 1. The summed E-state index contributed by atoms with van der Waals surface area (Å²) in [7, 11) is 0. The number of rotatable bonds is 0. The molecule has 6 unspecified atom stereocenters. The Labute approximate surface area is 117 Å². The number of aliphatic hydroxyl groups is 2. The summed E-state index contributed by atoms with van der Waals surface area (Å²) in [5.74, 6) is -0.945. The SMILES string of the molecule is C=C1C(=O)OC2/C=C(/C)C(O)CC3OC3(C)CC(O)C12. The Morgan fingerprint density at radius 1 is 1.45 bits per heavy atom. The maximum absolute atomic E-state index is 11.7. The molecule has 3 rings (SSSR count). The van der Waals surface area contributed by atoms with Gasteiger partial charge in [0.25, 0.3) is 0 Å². The van der Waals surface area contributed by atoms with Crippen LogP contribution >= 0.6 is 0 Å². The Morgan fingerprint density at radius 3 is 2.85 bits per heavy atom. The second kappa shape index (κ2) is 4.41. The quantitative estimate of drug-likeness (QED) is 0.295. The summed E-state index contributed by atoms with van der Waals surface area (Å²) < 4.78 is 10.9. The molecule has 0 aromatic heterocycles. The highest BCUT2D eigenvalue weighted by atomic mass is 16.6. The minimum Gasteiger partial charge on any atom is -0.454 e. The van der Waals surface area contributed by atoms with E-state index >= 15 is 0 Å². The van der Waals surface area contributed by atoms with E-state index in [1.165, 1.54) is 0 Å². The van der Waals surface area contributed by atoms with Crippen molar-refractivity contribution < 1.29 is 24.5 Å². The standard InChI is InChI=1S/C15H20O5/c1-7-4-11-13(8(2)14(18)19-11)10(17)6-15(3)12(20-15)5-9(7)16/h4,9-13,16-17H,2,5-6H2,1,3H3/b7-4-. The molecular formula is C15H20O5. The molecule has 0 aromatic rings. The lowest BCUT2D eigenvalue weighted by molar-refractivity contribution is -0.137. The van der Waals surface area contributed by atoms with E-state index in [1.807, 2.05) is 6.92 Å².